The Balaban J connectivity index is 1.93. The van der Waals surface area contributed by atoms with E-state index < -0.39 is 12.1 Å². The van der Waals surface area contributed by atoms with Gasteiger partial charge in [0.15, 0.2) is 5.82 Å². The van der Waals surface area contributed by atoms with Gasteiger partial charge in [-0.1, -0.05) is 29.3 Å². The van der Waals surface area contributed by atoms with Crippen LogP contribution in [0, 0.1) is 17.2 Å². The topological polar surface area (TPSA) is 149 Å². The fraction of sp³-hybridized carbons (Fsp3) is 0.316. The second-order valence-corrected chi connectivity index (χ2v) is 7.96. The Kier molecular flexibility index (Phi) is 5.13. The van der Waals surface area contributed by atoms with Gasteiger partial charge in [0.1, 0.15) is 22.7 Å². The highest BCUT2D eigenvalue weighted by Gasteiger charge is 2.37. The molecule has 0 amide bonds. The van der Waals surface area contributed by atoms with Crippen molar-refractivity contribution in [2.24, 2.45) is 5.92 Å². The molecule has 2 aromatic heterocycles. The second kappa shape index (κ2) is 7.63. The number of rotatable bonds is 5. The van der Waals surface area contributed by atoms with Crippen LogP contribution < -0.4 is 22.3 Å². The first-order chi connectivity index (χ1) is 14.3. The molecular formula is C19H18Cl2N8O. The van der Waals surface area contributed by atoms with Gasteiger partial charge < -0.3 is 16.8 Å². The molecule has 1 saturated carbocycles. The van der Waals surface area contributed by atoms with Crippen LogP contribution in [-0.4, -0.2) is 19.5 Å². The van der Waals surface area contributed by atoms with Gasteiger partial charge in [-0.25, -0.2) is 4.98 Å². The Morgan fingerprint density at radius 2 is 2.00 bits per heavy atom. The molecule has 1 aliphatic carbocycles. The lowest BCUT2D eigenvalue weighted by Crippen LogP contribution is -2.32. The lowest BCUT2D eigenvalue weighted by Gasteiger charge is -2.24. The molecule has 0 bridgehead atoms. The predicted molar refractivity (Wildman–Crippen MR) is 116 cm³/mol. The highest BCUT2D eigenvalue weighted by Crippen LogP contribution is 2.43. The smallest absolute Gasteiger partial charge is 0.264 e. The molecule has 2 atom stereocenters. The number of aromatic nitrogens is 4. The summed E-state index contributed by atoms with van der Waals surface area (Å²) < 4.78 is 1.37. The van der Waals surface area contributed by atoms with Gasteiger partial charge in [0, 0.05) is 0 Å². The van der Waals surface area contributed by atoms with Crippen LogP contribution in [0.25, 0.3) is 10.9 Å². The Labute approximate surface area is 181 Å². The third-order valence-corrected chi connectivity index (χ3v) is 5.73. The van der Waals surface area contributed by atoms with E-state index in [2.05, 4.69) is 21.4 Å². The van der Waals surface area contributed by atoms with E-state index in [1.807, 2.05) is 0 Å². The number of nitrogens with one attached hydrogen (secondary N) is 1. The minimum Gasteiger partial charge on any atom is -0.382 e. The highest BCUT2D eigenvalue weighted by atomic mass is 35.5. The first-order valence-corrected chi connectivity index (χ1v) is 10.0. The van der Waals surface area contributed by atoms with Gasteiger partial charge in [0.05, 0.1) is 28.0 Å². The van der Waals surface area contributed by atoms with Crippen LogP contribution in [0.15, 0.2) is 23.0 Å². The molecule has 0 saturated heterocycles. The summed E-state index contributed by atoms with van der Waals surface area (Å²) in [5, 5.41) is 13.5. The molecule has 5 N–H and O–H groups in total. The Morgan fingerprint density at radius 1 is 1.27 bits per heavy atom. The van der Waals surface area contributed by atoms with E-state index >= 15 is 0 Å². The van der Waals surface area contributed by atoms with Gasteiger partial charge in [-0.2, -0.15) is 15.2 Å². The average Bonchev–Trinajstić information content (AvgIpc) is 3.54. The molecule has 1 aliphatic rings. The molecule has 0 aliphatic heterocycles. The number of fused-ring (bicyclic) bond motifs is 1. The van der Waals surface area contributed by atoms with Crippen LogP contribution in [0.1, 0.15) is 37.7 Å². The van der Waals surface area contributed by atoms with Crippen molar-refractivity contribution >= 4 is 51.7 Å². The zero-order valence-corrected chi connectivity index (χ0v) is 17.4. The normalized spacial score (nSPS) is 15.5. The lowest BCUT2D eigenvalue weighted by atomic mass is 10.1. The van der Waals surface area contributed by atoms with E-state index in [0.717, 1.165) is 12.8 Å². The van der Waals surface area contributed by atoms with Crippen molar-refractivity contribution in [1.82, 2.24) is 19.5 Å². The average molecular weight is 445 g/mol. The molecule has 3 aromatic rings. The van der Waals surface area contributed by atoms with E-state index in [1.165, 1.54) is 4.57 Å². The SMILES string of the molecule is CC(C#N)n1c(C(Nc2nc(N)nc(N)c2Cl)C2CC2)nc2cccc(Cl)c2c1=O. The van der Waals surface area contributed by atoms with Crippen LogP contribution in [0.5, 0.6) is 0 Å². The van der Waals surface area contributed by atoms with E-state index in [-0.39, 0.29) is 44.5 Å². The number of nitriles is 1. The van der Waals surface area contributed by atoms with Gasteiger partial charge in [-0.3, -0.25) is 9.36 Å². The maximum atomic E-state index is 13.3. The van der Waals surface area contributed by atoms with Crippen molar-refractivity contribution in [2.45, 2.75) is 31.8 Å². The van der Waals surface area contributed by atoms with Gasteiger partial charge in [0.2, 0.25) is 5.95 Å². The molecule has 2 unspecified atom stereocenters. The first kappa shape index (κ1) is 20.2. The standard InChI is InChI=1S/C19H18Cl2N8O/c1-8(7-22)29-17(25-11-4-2-3-10(20)12(11)18(29)30)14(9-5-6-9)26-16-13(21)15(23)27-19(24)28-16/h2-4,8-9,14H,5-6H2,1H3,(H5,23,24,26,27,28). The fourth-order valence-corrected chi connectivity index (χ4v) is 3.81. The number of hydrogen-bond acceptors (Lipinski definition) is 8. The number of nitrogens with two attached hydrogens (primary N) is 2. The fourth-order valence-electron chi connectivity index (χ4n) is 3.42. The molecule has 4 rings (SSSR count). The largest absolute Gasteiger partial charge is 0.382 e. The molecule has 154 valence electrons. The molecule has 0 spiro atoms. The Morgan fingerprint density at radius 3 is 2.67 bits per heavy atom. The first-order valence-electron chi connectivity index (χ1n) is 9.27. The number of hydrogen-bond donors (Lipinski definition) is 3. The number of benzene rings is 1. The summed E-state index contributed by atoms with van der Waals surface area (Å²) in [7, 11) is 0. The summed E-state index contributed by atoms with van der Waals surface area (Å²) in [6, 6.07) is 5.97. The molecule has 11 heteroatoms. The van der Waals surface area contributed by atoms with Crippen LogP contribution in [-0.2, 0) is 0 Å². The summed E-state index contributed by atoms with van der Waals surface area (Å²) >= 11 is 12.5. The highest BCUT2D eigenvalue weighted by molar-refractivity contribution is 6.35. The lowest BCUT2D eigenvalue weighted by molar-refractivity contribution is 0.530. The molecule has 0 radical (unpaired) electrons. The molecule has 9 nitrogen and oxygen atoms in total. The molecule has 1 aromatic carbocycles. The van der Waals surface area contributed by atoms with Gasteiger partial charge in [-0.05, 0) is 37.8 Å². The van der Waals surface area contributed by atoms with E-state index in [9.17, 15) is 10.1 Å². The van der Waals surface area contributed by atoms with Crippen LogP contribution >= 0.6 is 23.2 Å². The van der Waals surface area contributed by atoms with Crippen molar-refractivity contribution in [3.8, 4) is 6.07 Å². The zero-order chi connectivity index (χ0) is 21.6. The summed E-state index contributed by atoms with van der Waals surface area (Å²) in [4.78, 5) is 26.0. The summed E-state index contributed by atoms with van der Waals surface area (Å²) in [5.74, 6) is 0.824. The maximum Gasteiger partial charge on any atom is 0.264 e. The number of nitrogen functional groups attached to an aromatic ring is 2. The monoisotopic (exact) mass is 444 g/mol. The van der Waals surface area contributed by atoms with Crippen molar-refractivity contribution in [3.63, 3.8) is 0 Å². The summed E-state index contributed by atoms with van der Waals surface area (Å²) in [6.07, 6.45) is 1.82. The Hall–Kier alpha value is -3.09. The van der Waals surface area contributed by atoms with Crippen LogP contribution in [0.2, 0.25) is 10.0 Å². The van der Waals surface area contributed by atoms with Crippen molar-refractivity contribution < 1.29 is 0 Å². The Bertz CT molecular complexity index is 1250. The van der Waals surface area contributed by atoms with Crippen molar-refractivity contribution in [3.05, 3.63) is 44.4 Å². The minimum absolute atomic E-state index is 0.0324. The van der Waals surface area contributed by atoms with Crippen molar-refractivity contribution in [2.75, 3.05) is 16.8 Å². The number of nitrogens with zero attached hydrogens (tertiary/aromatic N) is 5. The molecular weight excluding hydrogens is 427 g/mol. The van der Waals surface area contributed by atoms with Crippen LogP contribution in [0.3, 0.4) is 0 Å². The third kappa shape index (κ3) is 3.49. The second-order valence-electron chi connectivity index (χ2n) is 7.17. The number of anilines is 3. The van der Waals surface area contributed by atoms with E-state index in [4.69, 9.17) is 39.7 Å². The maximum absolute atomic E-state index is 13.3. The molecule has 30 heavy (non-hydrogen) atoms. The minimum atomic E-state index is -0.764. The van der Waals surface area contributed by atoms with Gasteiger partial charge in [-0.15, -0.1) is 0 Å². The van der Waals surface area contributed by atoms with Gasteiger partial charge >= 0.3 is 0 Å². The third-order valence-electron chi connectivity index (χ3n) is 5.04. The summed E-state index contributed by atoms with van der Waals surface area (Å²) in [6.45, 7) is 1.63. The number of halogens is 2. The van der Waals surface area contributed by atoms with Crippen molar-refractivity contribution in [1.29, 1.82) is 5.26 Å². The molecule has 2 heterocycles. The van der Waals surface area contributed by atoms with Gasteiger partial charge in [0.25, 0.3) is 5.56 Å². The van der Waals surface area contributed by atoms with E-state index in [1.54, 1.807) is 25.1 Å². The molecule has 1 fully saturated rings. The quantitative estimate of drug-likeness (QED) is 0.542. The summed E-state index contributed by atoms with van der Waals surface area (Å²) in [5.41, 5.74) is 11.6. The zero-order valence-electron chi connectivity index (χ0n) is 15.9. The van der Waals surface area contributed by atoms with E-state index in [0.29, 0.717) is 11.3 Å². The van der Waals surface area contributed by atoms with Crippen LogP contribution in [0.4, 0.5) is 17.6 Å². The predicted octanol–water partition coefficient (Wildman–Crippen LogP) is 3.31.